The predicted octanol–water partition coefficient (Wildman–Crippen LogP) is 4.96. The number of hydrogen-bond donors (Lipinski definition) is 0. The van der Waals surface area contributed by atoms with Crippen molar-refractivity contribution in [2.24, 2.45) is 0 Å². The zero-order valence-electron chi connectivity index (χ0n) is 18.5. The van der Waals surface area contributed by atoms with E-state index in [2.05, 4.69) is 19.6 Å². The van der Waals surface area contributed by atoms with Crippen LogP contribution in [0.3, 0.4) is 0 Å². The maximum Gasteiger partial charge on any atom is 0.410 e. The van der Waals surface area contributed by atoms with Crippen molar-refractivity contribution in [1.82, 2.24) is 4.90 Å². The Morgan fingerprint density at radius 1 is 1.14 bits per heavy atom. The number of methoxy groups -OCH3 is 2. The number of carbonyl (C=O) groups is 1. The second-order valence-corrected chi connectivity index (χ2v) is 13.6. The topological polar surface area (TPSA) is 57.2 Å². The summed E-state index contributed by atoms with van der Waals surface area (Å²) >= 11 is 0. The van der Waals surface area contributed by atoms with Gasteiger partial charge in [0.15, 0.2) is 14.1 Å². The number of likely N-dealkylation sites (tertiary alicyclic amines) is 1. The molecule has 1 aliphatic rings. The summed E-state index contributed by atoms with van der Waals surface area (Å²) in [6, 6.07) is 7.32. The average Bonchev–Trinajstić information content (AvgIpc) is 2.58. The number of nitrogens with zero attached hydrogens (tertiary/aromatic N) is 1. The van der Waals surface area contributed by atoms with Crippen LogP contribution in [0.5, 0.6) is 5.75 Å². The van der Waals surface area contributed by atoms with Gasteiger partial charge in [0.1, 0.15) is 17.4 Å². The lowest BCUT2D eigenvalue weighted by atomic mass is 9.89. The van der Waals surface area contributed by atoms with E-state index in [0.717, 1.165) is 17.7 Å². The van der Waals surface area contributed by atoms with Gasteiger partial charge in [-0.25, -0.2) is 4.79 Å². The summed E-state index contributed by atoms with van der Waals surface area (Å²) in [6.07, 6.45) is 1.14. The molecule has 1 saturated heterocycles. The Balaban J connectivity index is 2.52. The van der Waals surface area contributed by atoms with Crippen molar-refractivity contribution >= 4 is 14.4 Å². The molecule has 0 N–H and O–H groups in total. The first-order valence-corrected chi connectivity index (χ1v) is 13.2. The Labute approximate surface area is 170 Å². The minimum Gasteiger partial charge on any atom is -0.497 e. The Hall–Kier alpha value is -1.57. The van der Waals surface area contributed by atoms with E-state index >= 15 is 0 Å². The van der Waals surface area contributed by atoms with Crippen molar-refractivity contribution in [3.8, 4) is 5.75 Å². The van der Waals surface area contributed by atoms with Gasteiger partial charge in [0.25, 0.3) is 0 Å². The molecular formula is C21H35NO5Si. The average molecular weight is 410 g/mol. The van der Waals surface area contributed by atoms with Crippen LogP contribution in [-0.2, 0) is 13.9 Å². The lowest BCUT2D eigenvalue weighted by Crippen LogP contribution is -2.58. The van der Waals surface area contributed by atoms with Gasteiger partial charge in [-0.2, -0.15) is 0 Å². The summed E-state index contributed by atoms with van der Waals surface area (Å²) < 4.78 is 23.6. The number of piperidine rings is 1. The van der Waals surface area contributed by atoms with Crippen molar-refractivity contribution in [3.63, 3.8) is 0 Å². The number of rotatable bonds is 5. The molecular weight excluding hydrogens is 374 g/mol. The molecule has 0 saturated carbocycles. The molecule has 2 unspecified atom stereocenters. The van der Waals surface area contributed by atoms with E-state index in [1.54, 1.807) is 19.1 Å². The summed E-state index contributed by atoms with van der Waals surface area (Å²) in [6.45, 7) is 12.6. The van der Waals surface area contributed by atoms with Gasteiger partial charge in [-0.3, -0.25) is 4.90 Å². The molecule has 6 nitrogen and oxygen atoms in total. The van der Waals surface area contributed by atoms with E-state index in [-0.39, 0.29) is 6.09 Å². The first-order valence-electron chi connectivity index (χ1n) is 9.80. The van der Waals surface area contributed by atoms with Crippen molar-refractivity contribution in [2.75, 3.05) is 20.8 Å². The van der Waals surface area contributed by atoms with Gasteiger partial charge in [-0.15, -0.1) is 0 Å². The predicted molar refractivity (Wildman–Crippen MR) is 112 cm³/mol. The van der Waals surface area contributed by atoms with Crippen LogP contribution in [0, 0.1) is 0 Å². The molecule has 2 rings (SSSR count). The second kappa shape index (κ2) is 8.43. The van der Waals surface area contributed by atoms with E-state index in [1.807, 2.05) is 45.0 Å². The van der Waals surface area contributed by atoms with E-state index < -0.39 is 25.7 Å². The normalized spacial score (nSPS) is 23.4. The van der Waals surface area contributed by atoms with Crippen LogP contribution in [-0.4, -0.2) is 51.5 Å². The van der Waals surface area contributed by atoms with E-state index in [4.69, 9.17) is 18.6 Å². The molecule has 0 spiro atoms. The van der Waals surface area contributed by atoms with E-state index in [9.17, 15) is 4.79 Å². The quantitative estimate of drug-likeness (QED) is 0.508. The Morgan fingerprint density at radius 3 is 2.21 bits per heavy atom. The Bertz CT molecular complexity index is 665. The summed E-state index contributed by atoms with van der Waals surface area (Å²) in [7, 11) is 1.33. The van der Waals surface area contributed by atoms with Crippen molar-refractivity contribution in [2.45, 2.75) is 70.7 Å². The lowest BCUT2D eigenvalue weighted by Gasteiger charge is -2.50. The minimum atomic E-state index is -1.97. The summed E-state index contributed by atoms with van der Waals surface area (Å²) in [5, 5.41) is 0. The molecule has 1 fully saturated rings. The van der Waals surface area contributed by atoms with Gasteiger partial charge < -0.3 is 18.6 Å². The van der Waals surface area contributed by atoms with Crippen molar-refractivity contribution in [1.29, 1.82) is 0 Å². The number of hydrogen-bond acceptors (Lipinski definition) is 5. The standard InChI is InChI=1S/C21H35NO5Si/c1-20(2,3)26-19(23)22-15-9-14-21(25-5,27-28(6,7)8)18(22)16-10-12-17(24-4)13-11-16/h10-13,18H,9,14-15H2,1-8H3. The molecule has 0 radical (unpaired) electrons. The molecule has 2 atom stereocenters. The molecule has 1 aromatic rings. The summed E-state index contributed by atoms with van der Waals surface area (Å²) in [4.78, 5) is 14.8. The Kier molecular flexibility index (Phi) is 6.84. The van der Waals surface area contributed by atoms with E-state index in [1.165, 1.54) is 0 Å². The number of ether oxygens (including phenoxy) is 3. The highest BCUT2D eigenvalue weighted by Crippen LogP contribution is 2.44. The molecule has 0 bridgehead atoms. The van der Waals surface area contributed by atoms with Gasteiger partial charge in [-0.05, 0) is 64.5 Å². The minimum absolute atomic E-state index is 0.353. The van der Waals surface area contributed by atoms with Crippen LogP contribution in [0.4, 0.5) is 4.79 Å². The second-order valence-electron chi connectivity index (χ2n) is 9.18. The molecule has 28 heavy (non-hydrogen) atoms. The molecule has 0 aliphatic carbocycles. The largest absolute Gasteiger partial charge is 0.497 e. The fraction of sp³-hybridized carbons (Fsp3) is 0.667. The summed E-state index contributed by atoms with van der Waals surface area (Å²) in [5.41, 5.74) is 0.361. The van der Waals surface area contributed by atoms with Gasteiger partial charge in [0, 0.05) is 20.1 Å². The first kappa shape index (κ1) is 22.7. The number of benzene rings is 1. The molecule has 7 heteroatoms. The molecule has 1 amide bonds. The zero-order chi connectivity index (χ0) is 21.2. The third kappa shape index (κ3) is 5.49. The van der Waals surface area contributed by atoms with E-state index in [0.29, 0.717) is 13.0 Å². The van der Waals surface area contributed by atoms with Crippen LogP contribution in [0.15, 0.2) is 24.3 Å². The maximum atomic E-state index is 13.1. The smallest absolute Gasteiger partial charge is 0.410 e. The first-order chi connectivity index (χ1) is 12.9. The third-order valence-corrected chi connectivity index (χ3v) is 5.49. The zero-order valence-corrected chi connectivity index (χ0v) is 19.5. The van der Waals surface area contributed by atoms with Crippen LogP contribution in [0.1, 0.15) is 45.2 Å². The number of amides is 1. The molecule has 158 valence electrons. The van der Waals surface area contributed by atoms with Gasteiger partial charge in [-0.1, -0.05) is 12.1 Å². The highest BCUT2D eigenvalue weighted by Gasteiger charge is 2.51. The fourth-order valence-corrected chi connectivity index (χ4v) is 4.95. The highest BCUT2D eigenvalue weighted by atomic mass is 28.4. The fourth-order valence-electron chi connectivity index (χ4n) is 3.62. The van der Waals surface area contributed by atoms with Crippen LogP contribution in [0.2, 0.25) is 19.6 Å². The molecule has 0 aromatic heterocycles. The SMILES string of the molecule is COc1ccc(C2N(C(=O)OC(C)(C)C)CCCC2(OC)O[Si](C)(C)C)cc1. The van der Waals surface area contributed by atoms with Crippen LogP contribution >= 0.6 is 0 Å². The van der Waals surface area contributed by atoms with Gasteiger partial charge in [0.2, 0.25) is 0 Å². The summed E-state index contributed by atoms with van der Waals surface area (Å²) in [5.74, 6) is -0.147. The molecule has 1 aliphatic heterocycles. The van der Waals surface area contributed by atoms with Gasteiger partial charge in [0.05, 0.1) is 7.11 Å². The lowest BCUT2D eigenvalue weighted by molar-refractivity contribution is -0.230. The monoisotopic (exact) mass is 409 g/mol. The van der Waals surface area contributed by atoms with Crippen molar-refractivity contribution < 1.29 is 23.4 Å². The third-order valence-electron chi connectivity index (χ3n) is 4.54. The maximum absolute atomic E-state index is 13.1. The van der Waals surface area contributed by atoms with Crippen LogP contribution < -0.4 is 4.74 Å². The molecule has 1 aromatic carbocycles. The van der Waals surface area contributed by atoms with Gasteiger partial charge >= 0.3 is 6.09 Å². The van der Waals surface area contributed by atoms with Crippen LogP contribution in [0.25, 0.3) is 0 Å². The Morgan fingerprint density at radius 2 is 1.75 bits per heavy atom. The van der Waals surface area contributed by atoms with Crippen molar-refractivity contribution in [3.05, 3.63) is 29.8 Å². The molecule has 1 heterocycles. The number of carbonyl (C=O) groups excluding carboxylic acids is 1. The highest BCUT2D eigenvalue weighted by molar-refractivity contribution is 6.69.